The van der Waals surface area contributed by atoms with E-state index in [9.17, 15) is 21.6 Å². The topological polar surface area (TPSA) is 110 Å². The summed E-state index contributed by atoms with van der Waals surface area (Å²) in [7, 11) is -6.57. The molecule has 1 saturated heterocycles. The minimum Gasteiger partial charge on any atom is -0.495 e. The summed E-state index contributed by atoms with van der Waals surface area (Å²) >= 11 is 0. The number of carbonyl (C=O) groups is 1. The second kappa shape index (κ2) is 6.43. The molecule has 1 aromatic rings. The van der Waals surface area contributed by atoms with Crippen LogP contribution in [-0.2, 0) is 24.8 Å². The van der Waals surface area contributed by atoms with Crippen molar-refractivity contribution in [2.75, 3.05) is 23.7 Å². The number of methoxy groups -OCH3 is 1. The number of sulfonamides is 2. The number of anilines is 1. The molecular formula is C15H20N2O6S2. The second-order valence-corrected chi connectivity index (χ2v) is 9.74. The molecule has 0 unspecified atom stereocenters. The van der Waals surface area contributed by atoms with Gasteiger partial charge in [0.25, 0.3) is 0 Å². The summed E-state index contributed by atoms with van der Waals surface area (Å²) in [6.45, 7) is 6.48. The summed E-state index contributed by atoms with van der Waals surface area (Å²) in [6, 6.07) is 3.76. The Morgan fingerprint density at radius 2 is 2.04 bits per heavy atom. The normalized spacial score (nSPS) is 19.0. The van der Waals surface area contributed by atoms with Gasteiger partial charge in [-0.2, -0.15) is 0 Å². The van der Waals surface area contributed by atoms with Gasteiger partial charge in [-0.3, -0.25) is 4.79 Å². The van der Waals surface area contributed by atoms with Crippen LogP contribution in [-0.4, -0.2) is 42.2 Å². The summed E-state index contributed by atoms with van der Waals surface area (Å²) in [6.07, 6.45) is 1.37. The molecule has 10 heteroatoms. The maximum Gasteiger partial charge on any atom is 0.247 e. The highest BCUT2D eigenvalue weighted by atomic mass is 32.2. The van der Waals surface area contributed by atoms with Gasteiger partial charge in [-0.05, 0) is 32.0 Å². The zero-order valence-corrected chi connectivity index (χ0v) is 15.8. The third kappa shape index (κ3) is 3.55. The van der Waals surface area contributed by atoms with Crippen molar-refractivity contribution in [3.8, 4) is 5.75 Å². The van der Waals surface area contributed by atoms with Gasteiger partial charge in [-0.25, -0.2) is 25.9 Å². The van der Waals surface area contributed by atoms with E-state index in [4.69, 9.17) is 4.74 Å². The average Bonchev–Trinajstić information content (AvgIpc) is 2.68. The van der Waals surface area contributed by atoms with Gasteiger partial charge in [-0.15, -0.1) is 6.58 Å². The number of benzene rings is 1. The van der Waals surface area contributed by atoms with Gasteiger partial charge in [0, 0.05) is 6.54 Å². The summed E-state index contributed by atoms with van der Waals surface area (Å²) in [5, 5.41) is 0. The fourth-order valence-corrected chi connectivity index (χ4v) is 5.79. The Kier molecular flexibility index (Phi) is 4.99. The molecule has 0 aromatic heterocycles. The van der Waals surface area contributed by atoms with Gasteiger partial charge in [0.05, 0.1) is 24.0 Å². The minimum atomic E-state index is -3.98. The van der Waals surface area contributed by atoms with Gasteiger partial charge in [-0.1, -0.05) is 6.08 Å². The number of nitrogens with one attached hydrogen (secondary N) is 1. The van der Waals surface area contributed by atoms with Crippen LogP contribution < -0.4 is 13.8 Å². The van der Waals surface area contributed by atoms with Crippen molar-refractivity contribution in [1.82, 2.24) is 4.72 Å². The molecule has 2 rings (SSSR count). The van der Waals surface area contributed by atoms with Crippen molar-refractivity contribution in [2.45, 2.75) is 18.7 Å². The number of amides is 1. The van der Waals surface area contributed by atoms with Crippen molar-refractivity contribution in [1.29, 1.82) is 0 Å². The highest BCUT2D eigenvalue weighted by Gasteiger charge is 2.50. The lowest BCUT2D eigenvalue weighted by Crippen LogP contribution is -2.33. The van der Waals surface area contributed by atoms with Crippen LogP contribution in [0.3, 0.4) is 0 Å². The van der Waals surface area contributed by atoms with Crippen LogP contribution in [0.4, 0.5) is 5.69 Å². The Morgan fingerprint density at radius 3 is 2.52 bits per heavy atom. The number of carbonyl (C=O) groups excluding carboxylic acids is 1. The number of hydrogen-bond acceptors (Lipinski definition) is 6. The fraction of sp³-hybridized carbons (Fsp3) is 0.400. The first-order valence-electron chi connectivity index (χ1n) is 7.32. The van der Waals surface area contributed by atoms with E-state index in [1.807, 2.05) is 0 Å². The van der Waals surface area contributed by atoms with E-state index in [0.717, 1.165) is 6.07 Å². The van der Waals surface area contributed by atoms with Crippen molar-refractivity contribution in [3.63, 3.8) is 0 Å². The van der Waals surface area contributed by atoms with Crippen LogP contribution in [0.25, 0.3) is 0 Å². The fourth-order valence-electron chi connectivity index (χ4n) is 2.51. The SMILES string of the molecule is C=CCNS(=O)(=O)c1cc(N2C(=O)C(C)(C)CS2(=O)=O)ccc1OC. The lowest BCUT2D eigenvalue weighted by atomic mass is 9.95. The van der Waals surface area contributed by atoms with Crippen LogP contribution in [0, 0.1) is 5.41 Å². The molecule has 1 fully saturated rings. The molecule has 0 atom stereocenters. The molecule has 1 heterocycles. The molecular weight excluding hydrogens is 368 g/mol. The lowest BCUT2D eigenvalue weighted by Gasteiger charge is -2.19. The first kappa shape index (κ1) is 19.4. The first-order chi connectivity index (χ1) is 11.5. The van der Waals surface area contributed by atoms with Gasteiger partial charge in [0.15, 0.2) is 0 Å². The Bertz CT molecular complexity index is 919. The van der Waals surface area contributed by atoms with Crippen molar-refractivity contribution < 1.29 is 26.4 Å². The number of nitrogens with zero attached hydrogens (tertiary/aromatic N) is 1. The van der Waals surface area contributed by atoms with E-state index in [1.165, 1.54) is 39.2 Å². The van der Waals surface area contributed by atoms with Crippen molar-refractivity contribution >= 4 is 31.6 Å². The van der Waals surface area contributed by atoms with Gasteiger partial charge in [0.1, 0.15) is 10.6 Å². The van der Waals surface area contributed by atoms with E-state index >= 15 is 0 Å². The van der Waals surface area contributed by atoms with Crippen LogP contribution in [0.15, 0.2) is 35.7 Å². The molecule has 8 nitrogen and oxygen atoms in total. The predicted molar refractivity (Wildman–Crippen MR) is 93.4 cm³/mol. The van der Waals surface area contributed by atoms with E-state index < -0.39 is 31.4 Å². The third-order valence-corrected chi connectivity index (χ3v) is 7.14. The number of rotatable bonds is 6. The predicted octanol–water partition coefficient (Wildman–Crippen LogP) is 0.862. The van der Waals surface area contributed by atoms with Gasteiger partial charge in [0.2, 0.25) is 26.0 Å². The molecule has 1 aromatic carbocycles. The Hall–Kier alpha value is -1.91. The molecule has 138 valence electrons. The lowest BCUT2D eigenvalue weighted by molar-refractivity contribution is -0.123. The standard InChI is InChI=1S/C15H20N2O6S2/c1-5-8-16-25(21,22)13-9-11(6-7-12(13)23-4)17-14(18)15(2,3)10-24(17,19)20/h5-7,9,16H,1,8,10H2,2-4H3. The molecule has 0 bridgehead atoms. The van der Waals surface area contributed by atoms with Crippen LogP contribution in [0.1, 0.15) is 13.8 Å². The van der Waals surface area contributed by atoms with E-state index in [2.05, 4.69) is 11.3 Å². The molecule has 0 aliphatic carbocycles. The quantitative estimate of drug-likeness (QED) is 0.724. The van der Waals surface area contributed by atoms with E-state index in [0.29, 0.717) is 4.31 Å². The average molecular weight is 388 g/mol. The van der Waals surface area contributed by atoms with Gasteiger partial charge >= 0.3 is 0 Å². The largest absolute Gasteiger partial charge is 0.495 e. The number of ether oxygens (including phenoxy) is 1. The minimum absolute atomic E-state index is 0.0102. The Balaban J connectivity index is 2.61. The maximum absolute atomic E-state index is 12.5. The molecule has 25 heavy (non-hydrogen) atoms. The molecule has 1 N–H and O–H groups in total. The summed E-state index contributed by atoms with van der Waals surface area (Å²) in [5.74, 6) is -0.925. The molecule has 0 spiro atoms. The zero-order chi connectivity index (χ0) is 19.0. The highest BCUT2D eigenvalue weighted by Crippen LogP contribution is 2.38. The molecule has 0 radical (unpaired) electrons. The Labute approximate surface area is 147 Å². The molecule has 1 aliphatic rings. The van der Waals surface area contributed by atoms with Crippen LogP contribution in [0.2, 0.25) is 0 Å². The van der Waals surface area contributed by atoms with E-state index in [1.54, 1.807) is 0 Å². The second-order valence-electron chi connectivity index (χ2n) is 6.19. The molecule has 0 saturated carbocycles. The summed E-state index contributed by atoms with van der Waals surface area (Å²) in [4.78, 5) is 12.2. The monoisotopic (exact) mass is 388 g/mol. The zero-order valence-electron chi connectivity index (χ0n) is 14.1. The maximum atomic E-state index is 12.5. The first-order valence-corrected chi connectivity index (χ1v) is 10.4. The number of hydrogen-bond donors (Lipinski definition) is 1. The van der Waals surface area contributed by atoms with Crippen molar-refractivity contribution in [2.24, 2.45) is 5.41 Å². The Morgan fingerprint density at radius 1 is 1.40 bits per heavy atom. The van der Waals surface area contributed by atoms with Crippen LogP contribution in [0.5, 0.6) is 5.75 Å². The summed E-state index contributed by atoms with van der Waals surface area (Å²) < 4.78 is 57.6. The third-order valence-electron chi connectivity index (χ3n) is 3.67. The smallest absolute Gasteiger partial charge is 0.247 e. The van der Waals surface area contributed by atoms with E-state index in [-0.39, 0.29) is 28.6 Å². The molecule has 1 aliphatic heterocycles. The molecule has 1 amide bonds. The summed E-state index contributed by atoms with van der Waals surface area (Å²) in [5.41, 5.74) is -1.13. The van der Waals surface area contributed by atoms with Crippen molar-refractivity contribution in [3.05, 3.63) is 30.9 Å². The van der Waals surface area contributed by atoms with Crippen LogP contribution >= 0.6 is 0 Å². The highest BCUT2D eigenvalue weighted by molar-refractivity contribution is 7.94. The van der Waals surface area contributed by atoms with Gasteiger partial charge < -0.3 is 4.74 Å².